The van der Waals surface area contributed by atoms with Crippen LogP contribution < -0.4 is 16.2 Å². The van der Waals surface area contributed by atoms with Crippen LogP contribution in [-0.4, -0.2) is 41.5 Å². The minimum atomic E-state index is 0.351. The lowest BCUT2D eigenvalue weighted by atomic mass is 10.3. The monoisotopic (exact) mass is 272 g/mol. The van der Waals surface area contributed by atoms with Crippen LogP contribution in [0.15, 0.2) is 12.5 Å². The molecule has 3 aromatic rings. The third-order valence-corrected chi connectivity index (χ3v) is 3.36. The Morgan fingerprint density at radius 1 is 1.30 bits per heavy atom. The number of nitrogens with two attached hydrogens (primary N) is 1. The van der Waals surface area contributed by atoms with Gasteiger partial charge >= 0.3 is 0 Å². The number of anilines is 2. The summed E-state index contributed by atoms with van der Waals surface area (Å²) in [7, 11) is 0. The molecule has 0 aromatic carbocycles. The summed E-state index contributed by atoms with van der Waals surface area (Å²) in [5.74, 6) is 7.46. The molecule has 20 heavy (non-hydrogen) atoms. The Bertz CT molecular complexity index is 758. The van der Waals surface area contributed by atoms with Gasteiger partial charge in [0.1, 0.15) is 12.1 Å². The number of fused-ring (bicyclic) bond motifs is 2. The van der Waals surface area contributed by atoms with E-state index >= 15 is 0 Å². The highest BCUT2D eigenvalue weighted by Gasteiger charge is 2.22. The first-order chi connectivity index (χ1) is 9.85. The van der Waals surface area contributed by atoms with Crippen molar-refractivity contribution in [1.82, 2.24) is 34.9 Å². The number of rotatable bonds is 2. The van der Waals surface area contributed by atoms with E-state index in [-0.39, 0.29) is 0 Å². The number of H-pyrrole nitrogens is 1. The Balaban J connectivity index is 1.80. The first kappa shape index (κ1) is 11.1. The normalized spacial score (nSPS) is 14.6. The van der Waals surface area contributed by atoms with Crippen molar-refractivity contribution in [3.05, 3.63) is 18.3 Å². The summed E-state index contributed by atoms with van der Waals surface area (Å²) < 4.78 is 2.03. The van der Waals surface area contributed by atoms with E-state index in [1.165, 1.54) is 0 Å². The topological polar surface area (TPSA) is 126 Å². The van der Waals surface area contributed by atoms with E-state index in [0.717, 1.165) is 30.1 Å². The van der Waals surface area contributed by atoms with Gasteiger partial charge in [0, 0.05) is 13.1 Å². The predicted molar refractivity (Wildman–Crippen MR) is 70.6 cm³/mol. The Morgan fingerprint density at radius 3 is 3.15 bits per heavy atom. The second kappa shape index (κ2) is 4.13. The van der Waals surface area contributed by atoms with Gasteiger partial charge in [-0.1, -0.05) is 0 Å². The van der Waals surface area contributed by atoms with E-state index in [9.17, 15) is 0 Å². The number of nitrogens with one attached hydrogen (secondary N) is 2. The molecule has 0 fully saturated rings. The highest BCUT2D eigenvalue weighted by molar-refractivity contribution is 5.87. The Kier molecular flexibility index (Phi) is 2.29. The van der Waals surface area contributed by atoms with Gasteiger partial charge in [0.25, 0.3) is 0 Å². The quantitative estimate of drug-likeness (QED) is 0.411. The van der Waals surface area contributed by atoms with E-state index in [4.69, 9.17) is 5.84 Å². The molecule has 0 unspecified atom stereocenters. The number of aromatic amines is 1. The van der Waals surface area contributed by atoms with Crippen LogP contribution >= 0.6 is 0 Å². The van der Waals surface area contributed by atoms with E-state index in [1.807, 2.05) is 4.57 Å². The van der Waals surface area contributed by atoms with E-state index in [1.54, 1.807) is 12.5 Å². The maximum atomic E-state index is 5.41. The summed E-state index contributed by atoms with van der Waals surface area (Å²) in [5.41, 5.74) is 3.12. The zero-order chi connectivity index (χ0) is 13.5. The maximum Gasteiger partial charge on any atom is 0.241 e. The van der Waals surface area contributed by atoms with Gasteiger partial charge in [-0.2, -0.15) is 15.1 Å². The van der Waals surface area contributed by atoms with Crippen LogP contribution in [0.25, 0.3) is 11.0 Å². The zero-order valence-corrected chi connectivity index (χ0v) is 10.5. The molecule has 3 aromatic heterocycles. The molecule has 10 nitrogen and oxygen atoms in total. The molecular formula is C10H12N10. The Hall–Kier alpha value is -2.75. The molecule has 0 saturated heterocycles. The number of hydrogen-bond acceptors (Lipinski definition) is 8. The lowest BCUT2D eigenvalue weighted by Crippen LogP contribution is -2.34. The summed E-state index contributed by atoms with van der Waals surface area (Å²) in [5, 5.41) is 15.7. The first-order valence-corrected chi connectivity index (χ1v) is 6.14. The average molecular weight is 272 g/mol. The molecular weight excluding hydrogens is 260 g/mol. The van der Waals surface area contributed by atoms with Gasteiger partial charge in [-0.05, 0) is 0 Å². The third-order valence-electron chi connectivity index (χ3n) is 3.36. The highest BCUT2D eigenvalue weighted by atomic mass is 15.4. The van der Waals surface area contributed by atoms with Gasteiger partial charge in [0.2, 0.25) is 5.95 Å². The molecule has 0 spiro atoms. The Labute approximate surface area is 113 Å². The summed E-state index contributed by atoms with van der Waals surface area (Å²) in [6, 6.07) is 0. The van der Waals surface area contributed by atoms with Gasteiger partial charge in [-0.25, -0.2) is 5.84 Å². The van der Waals surface area contributed by atoms with Gasteiger partial charge in [0.05, 0.1) is 18.1 Å². The van der Waals surface area contributed by atoms with Gasteiger partial charge in [-0.15, -0.1) is 10.2 Å². The van der Waals surface area contributed by atoms with Gasteiger partial charge in [-0.3, -0.25) is 10.5 Å². The van der Waals surface area contributed by atoms with Gasteiger partial charge in [0.15, 0.2) is 11.5 Å². The van der Waals surface area contributed by atoms with Crippen LogP contribution in [-0.2, 0) is 13.1 Å². The molecule has 4 rings (SSSR count). The fraction of sp³-hybridized carbons (Fsp3) is 0.300. The van der Waals surface area contributed by atoms with Crippen LogP contribution in [0.1, 0.15) is 5.82 Å². The number of nitrogen functional groups attached to an aromatic ring is 1. The van der Waals surface area contributed by atoms with Crippen molar-refractivity contribution in [3.63, 3.8) is 0 Å². The molecule has 0 amide bonds. The predicted octanol–water partition coefficient (Wildman–Crippen LogP) is -0.750. The first-order valence-electron chi connectivity index (χ1n) is 6.14. The summed E-state index contributed by atoms with van der Waals surface area (Å²) in [4.78, 5) is 10.8. The van der Waals surface area contributed by atoms with Crippen molar-refractivity contribution >= 4 is 22.8 Å². The van der Waals surface area contributed by atoms with Crippen LogP contribution in [0, 0.1) is 0 Å². The fourth-order valence-electron chi connectivity index (χ4n) is 2.37. The molecule has 4 heterocycles. The van der Waals surface area contributed by atoms with Crippen LogP contribution in [0.2, 0.25) is 0 Å². The minimum absolute atomic E-state index is 0.351. The molecule has 1 aliphatic rings. The highest BCUT2D eigenvalue weighted by Crippen LogP contribution is 2.26. The molecule has 4 N–H and O–H groups in total. The van der Waals surface area contributed by atoms with Crippen molar-refractivity contribution in [2.24, 2.45) is 5.84 Å². The number of aromatic nitrogens is 7. The molecule has 0 radical (unpaired) electrons. The molecule has 0 atom stereocenters. The smallest absolute Gasteiger partial charge is 0.241 e. The lowest BCUT2D eigenvalue weighted by molar-refractivity contribution is 0.557. The molecule has 102 valence electrons. The van der Waals surface area contributed by atoms with E-state index in [0.29, 0.717) is 18.1 Å². The van der Waals surface area contributed by atoms with E-state index < -0.39 is 0 Å². The van der Waals surface area contributed by atoms with Crippen molar-refractivity contribution in [1.29, 1.82) is 0 Å². The average Bonchev–Trinajstić information content (AvgIpc) is 3.13. The third kappa shape index (κ3) is 1.58. The standard InChI is InChI=1S/C10H12N10/c11-16-10-14-8-6(3-12-18-8)9(15-10)19-1-2-20-5-13-17-7(20)4-19/h3,5H,1-2,4,11H2,(H2,12,14,15,16,18). The summed E-state index contributed by atoms with van der Waals surface area (Å²) in [6.45, 7) is 2.27. The second-order valence-corrected chi connectivity index (χ2v) is 4.51. The summed E-state index contributed by atoms with van der Waals surface area (Å²) >= 11 is 0. The van der Waals surface area contributed by atoms with Crippen molar-refractivity contribution in [2.45, 2.75) is 13.1 Å². The second-order valence-electron chi connectivity index (χ2n) is 4.51. The van der Waals surface area contributed by atoms with Crippen LogP contribution in [0.4, 0.5) is 11.8 Å². The molecule has 10 heteroatoms. The molecule has 0 bridgehead atoms. The molecule has 1 aliphatic heterocycles. The molecule has 0 saturated carbocycles. The summed E-state index contributed by atoms with van der Waals surface area (Å²) in [6.07, 6.45) is 3.46. The largest absolute Gasteiger partial charge is 0.346 e. The maximum absolute atomic E-state index is 5.41. The SMILES string of the molecule is NNc1nc(N2CCn3cnnc3C2)c2cn[nH]c2n1. The van der Waals surface area contributed by atoms with Gasteiger partial charge < -0.3 is 9.47 Å². The fourth-order valence-corrected chi connectivity index (χ4v) is 2.37. The Morgan fingerprint density at radius 2 is 2.25 bits per heavy atom. The number of hydrazine groups is 1. The van der Waals surface area contributed by atoms with Crippen molar-refractivity contribution in [2.75, 3.05) is 16.9 Å². The minimum Gasteiger partial charge on any atom is -0.346 e. The van der Waals surface area contributed by atoms with Crippen LogP contribution in [0.3, 0.4) is 0 Å². The lowest BCUT2D eigenvalue weighted by Gasteiger charge is -2.28. The zero-order valence-electron chi connectivity index (χ0n) is 10.5. The van der Waals surface area contributed by atoms with E-state index in [2.05, 4.69) is 40.7 Å². The van der Waals surface area contributed by atoms with Crippen LogP contribution in [0.5, 0.6) is 0 Å². The molecule has 0 aliphatic carbocycles. The van der Waals surface area contributed by atoms with Crippen molar-refractivity contribution < 1.29 is 0 Å². The van der Waals surface area contributed by atoms with Crippen molar-refractivity contribution in [3.8, 4) is 0 Å². The number of nitrogens with zero attached hydrogens (tertiary/aromatic N) is 7. The number of hydrogen-bond donors (Lipinski definition) is 3.